The van der Waals surface area contributed by atoms with Crippen LogP contribution in [-0.4, -0.2) is 9.55 Å². The van der Waals surface area contributed by atoms with Gasteiger partial charge in [-0.15, -0.1) is 0 Å². The number of aromatic nitrogens is 2. The lowest BCUT2D eigenvalue weighted by atomic mass is 9.79. The highest BCUT2D eigenvalue weighted by Gasteiger charge is 2.26. The maximum absolute atomic E-state index is 6.66. The number of fused-ring (bicyclic) bond motifs is 3. The van der Waals surface area contributed by atoms with Gasteiger partial charge >= 0.3 is 0 Å². The van der Waals surface area contributed by atoms with Crippen LogP contribution in [0.5, 0.6) is 11.5 Å². The summed E-state index contributed by atoms with van der Waals surface area (Å²) in [6.45, 7) is 27.0. The minimum atomic E-state index is -0.109. The number of hydrogen-bond acceptors (Lipinski definition) is 4. The lowest BCUT2D eigenvalue weighted by Gasteiger charge is -2.31. The molecule has 0 radical (unpaired) electrons. The molecule has 0 saturated heterocycles. The lowest BCUT2D eigenvalue weighted by Crippen LogP contribution is -2.19. The molecule has 0 fully saturated rings. The summed E-state index contributed by atoms with van der Waals surface area (Å²) in [5, 5.41) is 10.1. The van der Waals surface area contributed by atoms with E-state index in [-0.39, 0.29) is 16.2 Å². The predicted molar refractivity (Wildman–Crippen MR) is 235 cm³/mol. The van der Waals surface area contributed by atoms with Crippen LogP contribution in [0.1, 0.15) is 95.7 Å². The average molecular weight is 729 g/mol. The normalized spacial score (nSPS) is 12.4. The Kier molecular flexibility index (Phi) is 9.57. The van der Waals surface area contributed by atoms with Crippen molar-refractivity contribution < 1.29 is 4.74 Å². The topological polar surface area (TPSA) is 51.1 Å². The Morgan fingerprint density at radius 2 is 1.22 bits per heavy atom. The van der Waals surface area contributed by atoms with Gasteiger partial charge in [-0.1, -0.05) is 110 Å². The molecule has 0 aliphatic rings. The van der Waals surface area contributed by atoms with Crippen LogP contribution in [0, 0.1) is 20.8 Å². The van der Waals surface area contributed by atoms with Gasteiger partial charge in [-0.25, -0.2) is 4.98 Å². The number of nitrogens with zero attached hydrogens (tertiary/aromatic N) is 2. The van der Waals surface area contributed by atoms with Crippen LogP contribution in [0.4, 0.5) is 22.7 Å². The maximum Gasteiger partial charge on any atom is 0.137 e. The molecule has 7 aromatic rings. The van der Waals surface area contributed by atoms with Crippen LogP contribution in [0.2, 0.25) is 0 Å². The fourth-order valence-corrected chi connectivity index (χ4v) is 7.60. The van der Waals surface area contributed by atoms with Gasteiger partial charge in [0.15, 0.2) is 0 Å². The number of aryl methyl sites for hydroxylation is 3. The number of pyridine rings is 1. The number of benzene rings is 5. The molecule has 5 aromatic carbocycles. The van der Waals surface area contributed by atoms with E-state index in [1.165, 1.54) is 38.8 Å². The summed E-state index contributed by atoms with van der Waals surface area (Å²) < 4.78 is 8.92. The Morgan fingerprint density at radius 1 is 0.545 bits per heavy atom. The standard InChI is InChI=1S/C50H56N4O/c1-31-24-32(2)46(33(3)25-31)53-47-41(50(10,11)12)26-35(49(7,8)9)27-42(47)52-36-16-15-17-37(29-36)55-38-20-21-40-39-18-13-14-19-43(39)54(44(40)30-38)45-28-34(22-23-51-45)48(4,5)6/h13-30,52-53H,1-12H3. The molecule has 5 nitrogen and oxygen atoms in total. The average Bonchev–Trinajstić information content (AvgIpc) is 3.42. The molecule has 55 heavy (non-hydrogen) atoms. The molecule has 282 valence electrons. The zero-order valence-electron chi connectivity index (χ0n) is 34.7. The molecular weight excluding hydrogens is 673 g/mol. The van der Waals surface area contributed by atoms with Crippen molar-refractivity contribution in [3.8, 4) is 17.3 Å². The second-order valence-corrected chi connectivity index (χ2v) is 18.3. The smallest absolute Gasteiger partial charge is 0.137 e. The van der Waals surface area contributed by atoms with Crippen molar-refractivity contribution in [2.75, 3.05) is 10.6 Å². The minimum absolute atomic E-state index is 0.00152. The maximum atomic E-state index is 6.66. The molecule has 7 rings (SSSR count). The number of anilines is 4. The Morgan fingerprint density at radius 3 is 1.91 bits per heavy atom. The van der Waals surface area contributed by atoms with Gasteiger partial charge in [0.25, 0.3) is 0 Å². The van der Waals surface area contributed by atoms with Crippen LogP contribution in [0.3, 0.4) is 0 Å². The van der Waals surface area contributed by atoms with E-state index in [1.54, 1.807) is 0 Å². The third kappa shape index (κ3) is 7.71. The van der Waals surface area contributed by atoms with Gasteiger partial charge in [-0.05, 0) is 113 Å². The van der Waals surface area contributed by atoms with Crippen LogP contribution in [0.15, 0.2) is 109 Å². The Balaban J connectivity index is 1.29. The summed E-state index contributed by atoms with van der Waals surface area (Å²) in [5.74, 6) is 2.41. The van der Waals surface area contributed by atoms with E-state index < -0.39 is 0 Å². The van der Waals surface area contributed by atoms with E-state index in [4.69, 9.17) is 9.72 Å². The number of para-hydroxylation sites is 1. The predicted octanol–water partition coefficient (Wildman–Crippen LogP) is 14.3. The van der Waals surface area contributed by atoms with Crippen molar-refractivity contribution >= 4 is 44.6 Å². The summed E-state index contributed by atoms with van der Waals surface area (Å²) in [4.78, 5) is 4.86. The Labute approximate surface area is 327 Å². The molecule has 0 bridgehead atoms. The first-order valence-electron chi connectivity index (χ1n) is 19.5. The first-order chi connectivity index (χ1) is 25.9. The summed E-state index contributed by atoms with van der Waals surface area (Å²) in [7, 11) is 0. The molecule has 2 heterocycles. The van der Waals surface area contributed by atoms with Crippen molar-refractivity contribution in [3.05, 3.63) is 143 Å². The van der Waals surface area contributed by atoms with E-state index in [0.717, 1.165) is 56.5 Å². The summed E-state index contributed by atoms with van der Waals surface area (Å²) in [6, 6.07) is 36.7. The molecule has 0 unspecified atom stereocenters. The molecule has 0 aliphatic heterocycles. The van der Waals surface area contributed by atoms with Gasteiger partial charge in [0, 0.05) is 40.5 Å². The number of hydrogen-bond donors (Lipinski definition) is 2. The van der Waals surface area contributed by atoms with E-state index in [1.807, 2.05) is 12.3 Å². The largest absolute Gasteiger partial charge is 0.457 e. The van der Waals surface area contributed by atoms with E-state index >= 15 is 0 Å². The van der Waals surface area contributed by atoms with Gasteiger partial charge in [0.1, 0.15) is 17.3 Å². The molecule has 0 aliphatic carbocycles. The van der Waals surface area contributed by atoms with Crippen LogP contribution in [0.25, 0.3) is 27.6 Å². The van der Waals surface area contributed by atoms with Crippen LogP contribution < -0.4 is 15.4 Å². The van der Waals surface area contributed by atoms with E-state index in [9.17, 15) is 0 Å². The van der Waals surface area contributed by atoms with Crippen molar-refractivity contribution in [1.82, 2.24) is 9.55 Å². The molecule has 0 atom stereocenters. The summed E-state index contributed by atoms with van der Waals surface area (Å²) in [5.41, 5.74) is 13.7. The summed E-state index contributed by atoms with van der Waals surface area (Å²) >= 11 is 0. The zero-order valence-corrected chi connectivity index (χ0v) is 34.7. The van der Waals surface area contributed by atoms with Gasteiger partial charge < -0.3 is 15.4 Å². The molecule has 5 heteroatoms. The monoisotopic (exact) mass is 728 g/mol. The van der Waals surface area contributed by atoms with Gasteiger partial charge in [0.05, 0.1) is 22.4 Å². The molecule has 0 saturated carbocycles. The van der Waals surface area contributed by atoms with E-state index in [0.29, 0.717) is 0 Å². The van der Waals surface area contributed by atoms with Crippen molar-refractivity contribution in [2.45, 2.75) is 99.3 Å². The van der Waals surface area contributed by atoms with Gasteiger partial charge in [-0.3, -0.25) is 4.57 Å². The highest BCUT2D eigenvalue weighted by Crippen LogP contribution is 2.44. The third-order valence-corrected chi connectivity index (χ3v) is 10.6. The van der Waals surface area contributed by atoms with Crippen molar-refractivity contribution in [1.29, 1.82) is 0 Å². The summed E-state index contributed by atoms with van der Waals surface area (Å²) in [6.07, 6.45) is 1.92. The van der Waals surface area contributed by atoms with Gasteiger partial charge in [0.2, 0.25) is 0 Å². The molecule has 0 spiro atoms. The fraction of sp³-hybridized carbons (Fsp3) is 0.300. The number of rotatable bonds is 7. The minimum Gasteiger partial charge on any atom is -0.457 e. The third-order valence-electron chi connectivity index (χ3n) is 10.6. The molecule has 0 amide bonds. The second-order valence-electron chi connectivity index (χ2n) is 18.3. The van der Waals surface area contributed by atoms with E-state index in [2.05, 4.69) is 195 Å². The number of ether oxygens (including phenoxy) is 1. The fourth-order valence-electron chi connectivity index (χ4n) is 7.60. The first-order valence-corrected chi connectivity index (χ1v) is 19.5. The lowest BCUT2D eigenvalue weighted by molar-refractivity contribution is 0.483. The quantitative estimate of drug-likeness (QED) is 0.172. The second kappa shape index (κ2) is 13.9. The van der Waals surface area contributed by atoms with Gasteiger partial charge in [-0.2, -0.15) is 0 Å². The number of nitrogens with one attached hydrogen (secondary N) is 2. The highest BCUT2D eigenvalue weighted by molar-refractivity contribution is 6.09. The Bertz CT molecular complexity index is 2530. The Hall–Kier alpha value is -5.55. The zero-order chi connectivity index (χ0) is 39.4. The highest BCUT2D eigenvalue weighted by atomic mass is 16.5. The van der Waals surface area contributed by atoms with Crippen LogP contribution in [-0.2, 0) is 16.2 Å². The molecule has 2 aromatic heterocycles. The van der Waals surface area contributed by atoms with Crippen LogP contribution >= 0.6 is 0 Å². The van der Waals surface area contributed by atoms with Crippen molar-refractivity contribution in [2.24, 2.45) is 0 Å². The van der Waals surface area contributed by atoms with Crippen molar-refractivity contribution in [3.63, 3.8) is 0 Å². The molecular formula is C50H56N4O. The first kappa shape index (κ1) is 37.8. The molecule has 2 N–H and O–H groups in total. The SMILES string of the molecule is Cc1cc(C)c(Nc2c(Nc3cccc(Oc4ccc5c6ccccc6n(-c6cc(C(C)(C)C)ccn6)c5c4)c3)cc(C(C)(C)C)cc2C(C)(C)C)c(C)c1.